The Hall–Kier alpha value is -1.79. The Morgan fingerprint density at radius 3 is 3.04 bits per heavy atom. The Balaban J connectivity index is 1.34. The van der Waals surface area contributed by atoms with Crippen molar-refractivity contribution in [3.63, 3.8) is 0 Å². The van der Waals surface area contributed by atoms with Gasteiger partial charge in [0.05, 0.1) is 0 Å². The Bertz CT molecular complexity index is 603. The fourth-order valence-electron chi connectivity index (χ4n) is 3.86. The van der Waals surface area contributed by atoms with Gasteiger partial charge < -0.3 is 14.8 Å². The zero-order valence-corrected chi connectivity index (χ0v) is 14.0. The van der Waals surface area contributed by atoms with Crippen molar-refractivity contribution < 1.29 is 14.3 Å². The van der Waals surface area contributed by atoms with Crippen LogP contribution in [-0.4, -0.2) is 74.2 Å². The van der Waals surface area contributed by atoms with Gasteiger partial charge in [0.25, 0.3) is 0 Å². The van der Waals surface area contributed by atoms with Crippen molar-refractivity contribution in [2.45, 2.75) is 18.9 Å². The second-order valence-electron chi connectivity index (χ2n) is 6.69. The molecule has 130 valence electrons. The lowest BCUT2D eigenvalue weighted by Gasteiger charge is -2.36. The van der Waals surface area contributed by atoms with Crippen molar-refractivity contribution in [1.29, 1.82) is 0 Å². The van der Waals surface area contributed by atoms with E-state index >= 15 is 0 Å². The minimum atomic E-state index is 0.00511. The lowest BCUT2D eigenvalue weighted by Crippen LogP contribution is -2.56. The molecule has 1 aromatic carbocycles. The highest BCUT2D eigenvalue weighted by molar-refractivity contribution is 5.82. The third kappa shape index (κ3) is 3.21. The molecule has 4 aliphatic heterocycles. The number of piperazine rings is 1. The minimum absolute atomic E-state index is 0.00511. The maximum Gasteiger partial charge on any atom is 0.238 e. The number of benzene rings is 1. The molecule has 6 heteroatoms. The highest BCUT2D eigenvalue weighted by Gasteiger charge is 2.34. The van der Waals surface area contributed by atoms with Crippen LogP contribution >= 0.6 is 0 Å². The predicted molar refractivity (Wildman–Crippen MR) is 90.6 cm³/mol. The molecule has 1 N–H and O–H groups in total. The lowest BCUT2D eigenvalue weighted by atomic mass is 10.1. The van der Waals surface area contributed by atoms with Gasteiger partial charge >= 0.3 is 0 Å². The van der Waals surface area contributed by atoms with Gasteiger partial charge in [-0.25, -0.2) is 0 Å². The van der Waals surface area contributed by atoms with E-state index in [1.54, 1.807) is 0 Å². The molecular formula is C18H25N3O3. The molecule has 1 amide bonds. The van der Waals surface area contributed by atoms with E-state index in [-0.39, 0.29) is 11.9 Å². The molecule has 24 heavy (non-hydrogen) atoms. The molecule has 6 nitrogen and oxygen atoms in total. The van der Waals surface area contributed by atoms with E-state index in [4.69, 9.17) is 9.47 Å². The molecule has 4 aliphatic rings. The lowest BCUT2D eigenvalue weighted by molar-refractivity contribution is -0.127. The monoisotopic (exact) mass is 331 g/mol. The molecule has 2 bridgehead atoms. The van der Waals surface area contributed by atoms with Crippen LogP contribution < -0.4 is 14.8 Å². The summed E-state index contributed by atoms with van der Waals surface area (Å²) in [6.07, 6.45) is 1.92. The van der Waals surface area contributed by atoms with Crippen LogP contribution in [0.5, 0.6) is 11.5 Å². The average molecular weight is 331 g/mol. The molecule has 1 aromatic rings. The van der Waals surface area contributed by atoms with Crippen LogP contribution in [0.25, 0.3) is 0 Å². The van der Waals surface area contributed by atoms with Gasteiger partial charge in [-0.15, -0.1) is 0 Å². The van der Waals surface area contributed by atoms with Crippen LogP contribution in [0, 0.1) is 0 Å². The quantitative estimate of drug-likeness (QED) is 0.871. The molecule has 0 radical (unpaired) electrons. The largest absolute Gasteiger partial charge is 0.486 e. The van der Waals surface area contributed by atoms with Gasteiger partial charge in [-0.05, 0) is 31.0 Å². The predicted octanol–water partition coefficient (Wildman–Crippen LogP) is 0.506. The first-order valence-corrected chi connectivity index (χ1v) is 8.93. The fourth-order valence-corrected chi connectivity index (χ4v) is 3.86. The molecule has 0 aromatic heterocycles. The first-order valence-electron chi connectivity index (χ1n) is 8.93. The Morgan fingerprint density at radius 1 is 1.17 bits per heavy atom. The number of amides is 1. The number of fused-ring (bicyclic) bond motifs is 5. The molecule has 3 atom stereocenters. The van der Waals surface area contributed by atoms with Crippen LogP contribution in [0.1, 0.15) is 12.0 Å². The van der Waals surface area contributed by atoms with E-state index in [9.17, 15) is 4.79 Å². The number of carbonyl (C=O) groups excluding carboxylic acids is 1. The van der Waals surface area contributed by atoms with E-state index in [2.05, 4.69) is 15.1 Å². The van der Waals surface area contributed by atoms with Gasteiger partial charge in [-0.1, -0.05) is 12.1 Å². The van der Waals surface area contributed by atoms with Gasteiger partial charge in [0.1, 0.15) is 19.3 Å². The Kier molecular flexibility index (Phi) is 4.58. The summed E-state index contributed by atoms with van der Waals surface area (Å²) in [5.41, 5.74) is 1.10. The first kappa shape index (κ1) is 15.7. The average Bonchev–Trinajstić information content (AvgIpc) is 2.97. The maximum absolute atomic E-state index is 12.6. The second-order valence-corrected chi connectivity index (χ2v) is 6.69. The van der Waals surface area contributed by atoms with Crippen molar-refractivity contribution in [3.8, 4) is 11.5 Å². The third-order valence-electron chi connectivity index (χ3n) is 5.14. The topological polar surface area (TPSA) is 54.0 Å². The highest BCUT2D eigenvalue weighted by atomic mass is 16.6. The second kappa shape index (κ2) is 6.99. The van der Waals surface area contributed by atoms with Crippen LogP contribution in [0.3, 0.4) is 0 Å². The summed E-state index contributed by atoms with van der Waals surface area (Å²) in [4.78, 5) is 17.3. The summed E-state index contributed by atoms with van der Waals surface area (Å²) in [7, 11) is 0. The summed E-state index contributed by atoms with van der Waals surface area (Å²) in [5.74, 6) is 1.80. The molecule has 0 saturated carbocycles. The van der Waals surface area contributed by atoms with Crippen LogP contribution in [-0.2, 0) is 11.2 Å². The summed E-state index contributed by atoms with van der Waals surface area (Å²) < 4.78 is 11.3. The van der Waals surface area contributed by atoms with Crippen LogP contribution in [0.2, 0.25) is 0 Å². The molecule has 3 unspecified atom stereocenters. The number of rotatable bonds is 4. The summed E-state index contributed by atoms with van der Waals surface area (Å²) in [6.45, 7) is 6.93. The molecule has 4 heterocycles. The first-order chi connectivity index (χ1) is 11.8. The van der Waals surface area contributed by atoms with Crippen LogP contribution in [0.4, 0.5) is 0 Å². The van der Waals surface area contributed by atoms with Crippen molar-refractivity contribution in [2.24, 2.45) is 0 Å². The van der Waals surface area contributed by atoms with E-state index < -0.39 is 0 Å². The van der Waals surface area contributed by atoms with Crippen molar-refractivity contribution in [1.82, 2.24) is 15.1 Å². The van der Waals surface area contributed by atoms with Crippen LogP contribution in [0.15, 0.2) is 18.2 Å². The highest BCUT2D eigenvalue weighted by Crippen LogP contribution is 2.33. The van der Waals surface area contributed by atoms with Gasteiger partial charge in [0.15, 0.2) is 11.5 Å². The number of hydrogen-bond acceptors (Lipinski definition) is 5. The number of nitrogens with zero attached hydrogens (tertiary/aromatic N) is 2. The van der Waals surface area contributed by atoms with Gasteiger partial charge in [-0.3, -0.25) is 14.6 Å². The number of hydrogen-bond donors (Lipinski definition) is 1. The normalized spacial score (nSPS) is 28.2. The maximum atomic E-state index is 12.6. The zero-order valence-electron chi connectivity index (χ0n) is 14.0. The zero-order chi connectivity index (χ0) is 16.4. The van der Waals surface area contributed by atoms with Crippen molar-refractivity contribution in [2.75, 3.05) is 52.5 Å². The minimum Gasteiger partial charge on any atom is -0.486 e. The van der Waals surface area contributed by atoms with Gasteiger partial charge in [0, 0.05) is 32.7 Å². The number of nitrogens with one attached hydrogen (secondary N) is 1. The van der Waals surface area contributed by atoms with E-state index in [1.165, 1.54) is 0 Å². The Morgan fingerprint density at radius 2 is 2.08 bits per heavy atom. The number of ether oxygens (including phenoxy) is 2. The molecule has 3 saturated heterocycles. The van der Waals surface area contributed by atoms with Crippen molar-refractivity contribution in [3.05, 3.63) is 23.8 Å². The third-order valence-corrected chi connectivity index (χ3v) is 5.14. The van der Waals surface area contributed by atoms with Gasteiger partial charge in [0.2, 0.25) is 5.91 Å². The fraction of sp³-hybridized carbons (Fsp3) is 0.611. The number of carbonyl (C=O) groups is 1. The number of para-hydroxylation sites is 1. The molecule has 3 fully saturated rings. The van der Waals surface area contributed by atoms with Crippen molar-refractivity contribution >= 4 is 5.91 Å². The summed E-state index contributed by atoms with van der Waals surface area (Å²) in [5, 5.41) is 3.12. The van der Waals surface area contributed by atoms with E-state index in [1.807, 2.05) is 18.2 Å². The SMILES string of the molecule is O=C(NCCc1cccc2c1OCCO2)C1CN2CCCN1CC2. The Labute approximate surface area is 142 Å². The summed E-state index contributed by atoms with van der Waals surface area (Å²) >= 11 is 0. The van der Waals surface area contributed by atoms with Gasteiger partial charge in [-0.2, -0.15) is 0 Å². The molecule has 0 aliphatic carbocycles. The smallest absolute Gasteiger partial charge is 0.238 e. The standard InChI is InChI=1S/C18H25N3O3/c22-18(15-13-20-7-2-8-21(15)10-9-20)19-6-5-14-3-1-4-16-17(14)24-12-11-23-16/h1,3-4,15H,2,5-13H2,(H,19,22). The van der Waals surface area contributed by atoms with E-state index in [0.29, 0.717) is 19.8 Å². The summed E-state index contributed by atoms with van der Waals surface area (Å²) in [6, 6.07) is 5.96. The molecular weight excluding hydrogens is 306 g/mol. The molecule has 0 spiro atoms. The molecule has 5 rings (SSSR count). The van der Waals surface area contributed by atoms with E-state index in [0.717, 1.165) is 62.6 Å².